The molecule has 0 aliphatic carbocycles. The van der Waals surface area contributed by atoms with Crippen LogP contribution in [0.1, 0.15) is 64.2 Å². The van der Waals surface area contributed by atoms with Crippen LogP contribution in [0.4, 0.5) is 31.3 Å². The molecule has 0 aliphatic rings. The lowest BCUT2D eigenvalue weighted by Crippen LogP contribution is -2.25. The molecular weight excluding hydrogens is 576 g/mol. The summed E-state index contributed by atoms with van der Waals surface area (Å²) < 4.78 is 85.8. The molecule has 0 saturated heterocycles. The van der Waals surface area contributed by atoms with Crippen LogP contribution in [0.2, 0.25) is 0 Å². The van der Waals surface area contributed by atoms with E-state index in [2.05, 4.69) is 10.4 Å². The van der Waals surface area contributed by atoms with Gasteiger partial charge in [-0.2, -0.15) is 36.1 Å². The highest BCUT2D eigenvalue weighted by Gasteiger charge is 2.37. The Balaban J connectivity index is 1.86. The average Bonchev–Trinajstić information content (AvgIpc) is 3.31. The Morgan fingerprint density at radius 3 is 2.10 bits per heavy atom. The average molecular weight is 598 g/mol. The first-order valence-electron chi connectivity index (χ1n) is 12.0. The molecule has 0 bridgehead atoms. The first-order chi connectivity index (χ1) is 19.1. The van der Waals surface area contributed by atoms with E-state index in [0.29, 0.717) is 0 Å². The monoisotopic (exact) mass is 597 g/mol. The predicted molar refractivity (Wildman–Crippen MR) is 140 cm³/mol. The zero-order valence-corrected chi connectivity index (χ0v) is 22.4. The summed E-state index contributed by atoms with van der Waals surface area (Å²) in [4.78, 5) is 39.2. The van der Waals surface area contributed by atoms with Crippen LogP contribution in [0.3, 0.4) is 0 Å². The minimum atomic E-state index is -5.16. The largest absolute Gasteiger partial charge is 0.461 e. The van der Waals surface area contributed by atoms with Gasteiger partial charge in [-0.05, 0) is 48.7 Å². The van der Waals surface area contributed by atoms with E-state index in [4.69, 9.17) is 4.74 Å². The van der Waals surface area contributed by atoms with Crippen LogP contribution >= 0.6 is 11.3 Å². The number of benzene rings is 2. The normalized spacial score (nSPS) is 12.1. The van der Waals surface area contributed by atoms with Gasteiger partial charge >= 0.3 is 18.3 Å². The van der Waals surface area contributed by atoms with Crippen LogP contribution < -0.4 is 10.9 Å². The van der Waals surface area contributed by atoms with Gasteiger partial charge in [0, 0.05) is 16.3 Å². The molecule has 0 unspecified atom stereocenters. The number of anilines is 1. The molecule has 0 atom stereocenters. The highest BCUT2D eigenvalue weighted by molar-refractivity contribution is 7.16. The Bertz CT molecular complexity index is 1660. The molecule has 4 aromatic rings. The van der Waals surface area contributed by atoms with Gasteiger partial charge in [0.1, 0.15) is 5.00 Å². The number of carbonyl (C=O) groups excluding carboxylic acids is 2. The summed E-state index contributed by atoms with van der Waals surface area (Å²) in [6.07, 6.45) is -10.3. The van der Waals surface area contributed by atoms with E-state index in [0.717, 1.165) is 21.6 Å². The van der Waals surface area contributed by atoms with E-state index in [1.165, 1.54) is 5.38 Å². The number of fused-ring (bicyclic) bond motifs is 1. The van der Waals surface area contributed by atoms with Crippen molar-refractivity contribution in [2.24, 2.45) is 0 Å². The quantitative estimate of drug-likeness (QED) is 0.190. The van der Waals surface area contributed by atoms with Gasteiger partial charge in [-0.15, -0.1) is 11.3 Å². The Kier molecular flexibility index (Phi) is 7.98. The summed E-state index contributed by atoms with van der Waals surface area (Å²) in [5, 5.41) is 7.27. The highest BCUT2D eigenvalue weighted by atomic mass is 32.1. The summed E-state index contributed by atoms with van der Waals surface area (Å²) in [5.74, 6) is -2.03. The topological polar surface area (TPSA) is 90.3 Å². The number of halogens is 6. The van der Waals surface area contributed by atoms with Gasteiger partial charge in [-0.1, -0.05) is 26.0 Å². The van der Waals surface area contributed by atoms with Crippen molar-refractivity contribution in [1.29, 1.82) is 0 Å². The third-order valence-corrected chi connectivity index (χ3v) is 6.90. The Morgan fingerprint density at radius 1 is 1.00 bits per heavy atom. The Morgan fingerprint density at radius 2 is 1.59 bits per heavy atom. The second-order valence-corrected chi connectivity index (χ2v) is 10.0. The van der Waals surface area contributed by atoms with Crippen LogP contribution in [0.15, 0.2) is 52.6 Å². The van der Waals surface area contributed by atoms with Gasteiger partial charge in [0.15, 0.2) is 5.69 Å². The molecule has 1 amide bonds. The number of esters is 1. The fraction of sp³-hybridized carbons (Fsp3) is 0.259. The molecule has 41 heavy (non-hydrogen) atoms. The molecule has 2 aromatic carbocycles. The van der Waals surface area contributed by atoms with Gasteiger partial charge in [0.2, 0.25) is 0 Å². The van der Waals surface area contributed by atoms with Crippen LogP contribution in [-0.2, 0) is 17.1 Å². The second kappa shape index (κ2) is 11.0. The standard InChI is InChI=1S/C27H21F6N3O4S/c1-4-40-25(39)21-19-12-41-23(20(19)24(38)36(35-21)18-7-5-14(6-8-18)13(2)3)34-22(37)15-9-16(26(28,29)30)11-17(10-15)27(31,32)33/h5-13H,4H2,1-3H3,(H,34,37). The minimum absolute atomic E-state index is 0.0103. The maximum atomic E-state index is 13.6. The molecule has 216 valence electrons. The summed E-state index contributed by atoms with van der Waals surface area (Å²) in [7, 11) is 0. The van der Waals surface area contributed by atoms with Gasteiger partial charge < -0.3 is 10.1 Å². The van der Waals surface area contributed by atoms with E-state index in [1.807, 2.05) is 13.8 Å². The minimum Gasteiger partial charge on any atom is -0.461 e. The Labute approximate surface area is 232 Å². The number of rotatable bonds is 6. The smallest absolute Gasteiger partial charge is 0.416 e. The first-order valence-corrected chi connectivity index (χ1v) is 12.9. The maximum Gasteiger partial charge on any atom is 0.416 e. The number of aromatic nitrogens is 2. The molecule has 0 aliphatic heterocycles. The lowest BCUT2D eigenvalue weighted by molar-refractivity contribution is -0.143. The maximum absolute atomic E-state index is 13.6. The number of nitrogens with zero attached hydrogens (tertiary/aromatic N) is 2. The lowest BCUT2D eigenvalue weighted by atomic mass is 10.0. The molecule has 7 nitrogen and oxygen atoms in total. The molecular formula is C27H21F6N3O4S. The van der Waals surface area contributed by atoms with Gasteiger partial charge in [0.25, 0.3) is 11.5 Å². The van der Waals surface area contributed by atoms with Crippen molar-refractivity contribution in [2.45, 2.75) is 39.0 Å². The van der Waals surface area contributed by atoms with Crippen LogP contribution in [0, 0.1) is 0 Å². The van der Waals surface area contributed by atoms with Gasteiger partial charge in [0.05, 0.1) is 28.8 Å². The number of nitrogens with one attached hydrogen (secondary N) is 1. The van der Waals surface area contributed by atoms with Crippen molar-refractivity contribution in [3.8, 4) is 5.69 Å². The molecule has 2 aromatic heterocycles. The van der Waals surface area contributed by atoms with Crippen molar-refractivity contribution in [3.05, 3.63) is 86.1 Å². The lowest BCUT2D eigenvalue weighted by Gasteiger charge is -2.14. The number of ether oxygens (including phenoxy) is 1. The molecule has 0 saturated carbocycles. The molecule has 1 N–H and O–H groups in total. The van der Waals surface area contributed by atoms with Crippen molar-refractivity contribution >= 4 is 39.0 Å². The molecule has 0 fully saturated rings. The van der Waals surface area contributed by atoms with Crippen LogP contribution in [0.25, 0.3) is 16.5 Å². The van der Waals surface area contributed by atoms with Crippen molar-refractivity contribution < 1.29 is 40.7 Å². The zero-order valence-electron chi connectivity index (χ0n) is 21.6. The predicted octanol–water partition coefficient (Wildman–Crippen LogP) is 7.04. The third-order valence-electron chi connectivity index (χ3n) is 6.00. The van der Waals surface area contributed by atoms with E-state index in [9.17, 15) is 40.7 Å². The van der Waals surface area contributed by atoms with Crippen molar-refractivity contribution in [1.82, 2.24) is 9.78 Å². The molecule has 0 spiro atoms. The van der Waals surface area contributed by atoms with E-state index in [1.54, 1.807) is 31.2 Å². The summed E-state index contributed by atoms with van der Waals surface area (Å²) in [6, 6.07) is 7.15. The third kappa shape index (κ3) is 6.11. The van der Waals surface area contributed by atoms with Crippen molar-refractivity contribution in [3.63, 3.8) is 0 Å². The highest BCUT2D eigenvalue weighted by Crippen LogP contribution is 2.37. The number of carbonyl (C=O) groups is 2. The number of hydrogen-bond acceptors (Lipinski definition) is 6. The van der Waals surface area contributed by atoms with E-state index < -0.39 is 46.5 Å². The summed E-state index contributed by atoms with van der Waals surface area (Å²) in [6.45, 7) is 5.47. The molecule has 14 heteroatoms. The van der Waals surface area contributed by atoms with Crippen LogP contribution in [-0.4, -0.2) is 28.3 Å². The van der Waals surface area contributed by atoms with Gasteiger partial charge in [-0.3, -0.25) is 9.59 Å². The molecule has 2 heterocycles. The molecule has 4 rings (SSSR count). The van der Waals surface area contributed by atoms with Gasteiger partial charge in [-0.25, -0.2) is 4.79 Å². The zero-order chi connectivity index (χ0) is 30.3. The summed E-state index contributed by atoms with van der Waals surface area (Å²) >= 11 is 0.742. The van der Waals surface area contributed by atoms with Crippen LogP contribution in [0.5, 0.6) is 0 Å². The fourth-order valence-corrected chi connectivity index (χ4v) is 4.86. The Hall–Kier alpha value is -4.20. The number of alkyl halides is 6. The number of hydrogen-bond donors (Lipinski definition) is 1. The van der Waals surface area contributed by atoms with E-state index >= 15 is 0 Å². The SMILES string of the molecule is CCOC(=O)c1nn(-c2ccc(C(C)C)cc2)c(=O)c2c(NC(=O)c3cc(C(F)(F)F)cc(C(F)(F)F)c3)scc12. The van der Waals surface area contributed by atoms with E-state index in [-0.39, 0.29) is 57.9 Å². The first kappa shape index (κ1) is 29.8. The summed E-state index contributed by atoms with van der Waals surface area (Å²) in [5.41, 5.74) is -4.12. The number of thiophene rings is 1. The fourth-order valence-electron chi connectivity index (χ4n) is 3.93. The number of amides is 1. The second-order valence-electron chi connectivity index (χ2n) is 9.13. The molecule has 0 radical (unpaired) electrons. The van der Waals surface area contributed by atoms with Crippen molar-refractivity contribution in [2.75, 3.05) is 11.9 Å².